The number of nitrogens with zero attached hydrogens (tertiary/aromatic N) is 1. The summed E-state index contributed by atoms with van der Waals surface area (Å²) in [5.41, 5.74) is 0.129. The maximum Gasteiger partial charge on any atom is 0.270 e. The zero-order valence-electron chi connectivity index (χ0n) is 10.6. The summed E-state index contributed by atoms with van der Waals surface area (Å²) < 4.78 is 18.7. The Morgan fingerprint density at radius 2 is 1.90 bits per heavy atom. The van der Waals surface area contributed by atoms with Gasteiger partial charge < -0.3 is 4.42 Å². The molecule has 0 spiro atoms. The van der Waals surface area contributed by atoms with Crippen LogP contribution in [0.3, 0.4) is 0 Å². The van der Waals surface area contributed by atoms with Gasteiger partial charge in [-0.2, -0.15) is 0 Å². The molecule has 3 rings (SSSR count). The van der Waals surface area contributed by atoms with E-state index >= 15 is 0 Å². The fourth-order valence-electron chi connectivity index (χ4n) is 2.04. The summed E-state index contributed by atoms with van der Waals surface area (Å²) >= 11 is 0. The molecule has 104 valence electrons. The molecule has 0 radical (unpaired) electrons. The molecule has 3 aromatic rings. The Bertz CT molecular complexity index is 917. The first-order valence-corrected chi connectivity index (χ1v) is 6.03. The molecular weight excluding hydrogens is 277 g/mol. The van der Waals surface area contributed by atoms with Crippen molar-refractivity contribution in [3.63, 3.8) is 0 Å². The van der Waals surface area contributed by atoms with Gasteiger partial charge in [-0.05, 0) is 18.2 Å². The zero-order chi connectivity index (χ0) is 15.0. The summed E-state index contributed by atoms with van der Waals surface area (Å²) in [6.45, 7) is 0. The lowest BCUT2D eigenvalue weighted by atomic mass is 10.1. The van der Waals surface area contributed by atoms with Crippen molar-refractivity contribution in [1.29, 1.82) is 0 Å². The molecule has 2 aromatic carbocycles. The van der Waals surface area contributed by atoms with Crippen molar-refractivity contribution in [3.8, 4) is 11.3 Å². The fourth-order valence-corrected chi connectivity index (χ4v) is 2.04. The van der Waals surface area contributed by atoms with Crippen LogP contribution in [0.15, 0.2) is 57.7 Å². The lowest BCUT2D eigenvalue weighted by molar-refractivity contribution is -0.384. The molecule has 1 aromatic heterocycles. The Labute approximate surface area is 117 Å². The van der Waals surface area contributed by atoms with E-state index in [0.29, 0.717) is 5.56 Å². The molecule has 6 heteroatoms. The molecule has 21 heavy (non-hydrogen) atoms. The number of nitro benzene ring substituents is 1. The summed E-state index contributed by atoms with van der Waals surface area (Å²) in [5.74, 6) is -0.333. The number of rotatable bonds is 2. The first kappa shape index (κ1) is 13.0. The first-order chi connectivity index (χ1) is 10.0. The second-order valence-corrected chi connectivity index (χ2v) is 4.42. The van der Waals surface area contributed by atoms with Gasteiger partial charge in [0.2, 0.25) is 0 Å². The molecule has 0 aliphatic rings. The number of nitro groups is 1. The van der Waals surface area contributed by atoms with Crippen LogP contribution in [-0.2, 0) is 0 Å². The van der Waals surface area contributed by atoms with E-state index in [1.165, 1.54) is 36.4 Å². The quantitative estimate of drug-likeness (QED) is 0.533. The zero-order valence-corrected chi connectivity index (χ0v) is 10.6. The van der Waals surface area contributed by atoms with Gasteiger partial charge >= 0.3 is 0 Å². The van der Waals surface area contributed by atoms with Gasteiger partial charge in [0.25, 0.3) is 5.69 Å². The molecule has 0 aliphatic heterocycles. The average molecular weight is 285 g/mol. The highest BCUT2D eigenvalue weighted by atomic mass is 19.1. The maximum absolute atomic E-state index is 13.1. The SMILES string of the molecule is O=c1cc(-c2cccc([N+](=O)[O-])c2)oc2ccc(F)cc12. The minimum Gasteiger partial charge on any atom is -0.456 e. The third-order valence-electron chi connectivity index (χ3n) is 3.03. The third-order valence-corrected chi connectivity index (χ3v) is 3.03. The third kappa shape index (κ3) is 2.38. The Kier molecular flexibility index (Phi) is 2.98. The lowest BCUT2D eigenvalue weighted by Crippen LogP contribution is -2.00. The molecule has 0 bridgehead atoms. The molecule has 0 atom stereocenters. The second-order valence-electron chi connectivity index (χ2n) is 4.42. The molecule has 0 amide bonds. The Hall–Kier alpha value is -3.02. The van der Waals surface area contributed by atoms with Crippen LogP contribution in [0, 0.1) is 15.9 Å². The van der Waals surface area contributed by atoms with E-state index in [0.717, 1.165) is 6.07 Å². The Morgan fingerprint density at radius 1 is 1.10 bits per heavy atom. The number of halogens is 1. The van der Waals surface area contributed by atoms with Crippen LogP contribution in [0.4, 0.5) is 10.1 Å². The first-order valence-electron chi connectivity index (χ1n) is 6.03. The summed E-state index contributed by atoms with van der Waals surface area (Å²) in [5, 5.41) is 10.9. The minimum absolute atomic E-state index is 0.102. The number of hydrogen-bond donors (Lipinski definition) is 0. The molecular formula is C15H8FNO4. The summed E-state index contributed by atoms with van der Waals surface area (Å²) in [6, 6.07) is 10.6. The molecule has 0 saturated carbocycles. The van der Waals surface area contributed by atoms with Crippen LogP contribution in [0.5, 0.6) is 0 Å². The monoisotopic (exact) mass is 285 g/mol. The number of non-ortho nitro benzene ring substituents is 1. The van der Waals surface area contributed by atoms with Crippen LogP contribution >= 0.6 is 0 Å². The highest BCUT2D eigenvalue weighted by Gasteiger charge is 2.11. The molecule has 0 unspecified atom stereocenters. The summed E-state index contributed by atoms with van der Waals surface area (Å²) in [4.78, 5) is 22.2. The topological polar surface area (TPSA) is 73.3 Å². The van der Waals surface area contributed by atoms with E-state index in [9.17, 15) is 19.3 Å². The fraction of sp³-hybridized carbons (Fsp3) is 0. The van der Waals surface area contributed by atoms with Crippen molar-refractivity contribution in [2.45, 2.75) is 0 Å². The second kappa shape index (κ2) is 4.82. The van der Waals surface area contributed by atoms with Crippen LogP contribution in [0.2, 0.25) is 0 Å². The van der Waals surface area contributed by atoms with Crippen molar-refractivity contribution >= 4 is 16.7 Å². The average Bonchev–Trinajstić information content (AvgIpc) is 2.48. The Balaban J connectivity index is 2.22. The normalized spacial score (nSPS) is 10.7. The number of fused-ring (bicyclic) bond motifs is 1. The van der Waals surface area contributed by atoms with E-state index in [1.807, 2.05) is 0 Å². The largest absolute Gasteiger partial charge is 0.456 e. The van der Waals surface area contributed by atoms with E-state index in [-0.39, 0.29) is 22.4 Å². The van der Waals surface area contributed by atoms with Crippen LogP contribution < -0.4 is 5.43 Å². The smallest absolute Gasteiger partial charge is 0.270 e. The van der Waals surface area contributed by atoms with Gasteiger partial charge in [0.15, 0.2) is 5.43 Å². The van der Waals surface area contributed by atoms with Gasteiger partial charge in [-0.1, -0.05) is 12.1 Å². The molecule has 0 saturated heterocycles. The highest BCUT2D eigenvalue weighted by molar-refractivity contribution is 5.78. The van der Waals surface area contributed by atoms with Crippen LogP contribution in [0.1, 0.15) is 0 Å². The van der Waals surface area contributed by atoms with Gasteiger partial charge in [0.05, 0.1) is 10.3 Å². The van der Waals surface area contributed by atoms with Crippen molar-refractivity contribution in [2.24, 2.45) is 0 Å². The predicted molar refractivity (Wildman–Crippen MR) is 74.5 cm³/mol. The molecule has 0 N–H and O–H groups in total. The van der Waals surface area contributed by atoms with E-state index in [1.54, 1.807) is 6.07 Å². The van der Waals surface area contributed by atoms with Crippen molar-refractivity contribution in [2.75, 3.05) is 0 Å². The van der Waals surface area contributed by atoms with E-state index in [2.05, 4.69) is 0 Å². The van der Waals surface area contributed by atoms with E-state index in [4.69, 9.17) is 4.42 Å². The number of hydrogen-bond acceptors (Lipinski definition) is 4. The van der Waals surface area contributed by atoms with Gasteiger partial charge in [-0.25, -0.2) is 4.39 Å². The summed E-state index contributed by atoms with van der Waals surface area (Å²) in [7, 11) is 0. The standard InChI is InChI=1S/C15H8FNO4/c16-10-4-5-14-12(7-10)13(18)8-15(21-14)9-2-1-3-11(6-9)17(19)20/h1-8H. The summed E-state index contributed by atoms with van der Waals surface area (Å²) in [6.07, 6.45) is 0. The highest BCUT2D eigenvalue weighted by Crippen LogP contribution is 2.25. The molecule has 5 nitrogen and oxygen atoms in total. The van der Waals surface area contributed by atoms with Crippen molar-refractivity contribution < 1.29 is 13.7 Å². The molecule has 0 aliphatic carbocycles. The van der Waals surface area contributed by atoms with Crippen molar-refractivity contribution in [1.82, 2.24) is 0 Å². The van der Waals surface area contributed by atoms with Gasteiger partial charge in [-0.15, -0.1) is 0 Å². The maximum atomic E-state index is 13.1. The predicted octanol–water partition coefficient (Wildman–Crippen LogP) is 3.51. The van der Waals surface area contributed by atoms with Crippen LogP contribution in [-0.4, -0.2) is 4.92 Å². The van der Waals surface area contributed by atoms with Gasteiger partial charge in [-0.3, -0.25) is 14.9 Å². The van der Waals surface area contributed by atoms with Crippen LogP contribution in [0.25, 0.3) is 22.3 Å². The molecule has 0 fully saturated rings. The lowest BCUT2D eigenvalue weighted by Gasteiger charge is -2.03. The Morgan fingerprint density at radius 3 is 2.67 bits per heavy atom. The van der Waals surface area contributed by atoms with Gasteiger partial charge in [0, 0.05) is 23.8 Å². The minimum atomic E-state index is -0.530. The van der Waals surface area contributed by atoms with E-state index < -0.39 is 16.2 Å². The number of benzene rings is 2. The van der Waals surface area contributed by atoms with Crippen molar-refractivity contribution in [3.05, 3.63) is 74.7 Å². The van der Waals surface area contributed by atoms with Gasteiger partial charge in [0.1, 0.15) is 17.2 Å². The molecule has 1 heterocycles.